The van der Waals surface area contributed by atoms with E-state index in [1.807, 2.05) is 32.0 Å². The summed E-state index contributed by atoms with van der Waals surface area (Å²) in [5, 5.41) is 14.9. The summed E-state index contributed by atoms with van der Waals surface area (Å²) in [4.78, 5) is 23.4. The standard InChI is InChI=1S/C18H26N2O3/c1-3-18(2,9-10-21)20-16(22)6-4-5-13-7-8-15-14(11-13)12-17(23)19-15/h7-8,11,21H,3-6,9-10,12H2,1-2H3,(H,19,23)(H,20,22). The molecule has 2 amide bonds. The molecule has 1 heterocycles. The summed E-state index contributed by atoms with van der Waals surface area (Å²) in [6.07, 6.45) is 3.86. The van der Waals surface area contributed by atoms with Crippen LogP contribution in [0.3, 0.4) is 0 Å². The third kappa shape index (κ3) is 4.79. The van der Waals surface area contributed by atoms with Crippen LogP contribution < -0.4 is 10.6 Å². The fourth-order valence-corrected chi connectivity index (χ4v) is 2.86. The predicted octanol–water partition coefficient (Wildman–Crippen LogP) is 2.17. The van der Waals surface area contributed by atoms with Gasteiger partial charge in [0, 0.05) is 24.3 Å². The Morgan fingerprint density at radius 2 is 2.22 bits per heavy atom. The molecule has 1 atom stereocenters. The zero-order valence-corrected chi connectivity index (χ0v) is 13.9. The first-order valence-electron chi connectivity index (χ1n) is 8.29. The van der Waals surface area contributed by atoms with Crippen LogP contribution in [-0.4, -0.2) is 29.1 Å². The summed E-state index contributed by atoms with van der Waals surface area (Å²) < 4.78 is 0. The number of aliphatic hydroxyl groups excluding tert-OH is 1. The van der Waals surface area contributed by atoms with Crippen LogP contribution in [0.15, 0.2) is 18.2 Å². The van der Waals surface area contributed by atoms with Crippen LogP contribution in [0.1, 0.15) is 50.7 Å². The van der Waals surface area contributed by atoms with Gasteiger partial charge in [-0.1, -0.05) is 19.1 Å². The molecule has 5 heteroatoms. The van der Waals surface area contributed by atoms with E-state index in [9.17, 15) is 9.59 Å². The summed E-state index contributed by atoms with van der Waals surface area (Å²) in [6.45, 7) is 4.05. The Balaban J connectivity index is 1.80. The molecular weight excluding hydrogens is 292 g/mol. The molecule has 23 heavy (non-hydrogen) atoms. The highest BCUT2D eigenvalue weighted by atomic mass is 16.3. The molecule has 5 nitrogen and oxygen atoms in total. The van der Waals surface area contributed by atoms with Gasteiger partial charge >= 0.3 is 0 Å². The lowest BCUT2D eigenvalue weighted by atomic mass is 9.94. The Morgan fingerprint density at radius 3 is 2.91 bits per heavy atom. The number of nitrogens with one attached hydrogen (secondary N) is 2. The first-order valence-corrected chi connectivity index (χ1v) is 8.29. The number of benzene rings is 1. The number of hydrogen-bond donors (Lipinski definition) is 3. The molecule has 0 saturated carbocycles. The Kier molecular flexibility index (Phi) is 5.77. The molecule has 126 valence electrons. The van der Waals surface area contributed by atoms with Crippen molar-refractivity contribution in [3.05, 3.63) is 29.3 Å². The van der Waals surface area contributed by atoms with Crippen molar-refractivity contribution in [2.75, 3.05) is 11.9 Å². The second-order valence-electron chi connectivity index (χ2n) is 6.51. The van der Waals surface area contributed by atoms with Gasteiger partial charge in [0.25, 0.3) is 0 Å². The SMILES string of the molecule is CCC(C)(CCO)NC(=O)CCCc1ccc2c(c1)CC(=O)N2. The van der Waals surface area contributed by atoms with Gasteiger partial charge in [0.2, 0.25) is 11.8 Å². The van der Waals surface area contributed by atoms with E-state index in [4.69, 9.17) is 5.11 Å². The van der Waals surface area contributed by atoms with Crippen molar-refractivity contribution in [1.29, 1.82) is 0 Å². The van der Waals surface area contributed by atoms with Crippen LogP contribution in [0, 0.1) is 0 Å². The fraction of sp³-hybridized carbons (Fsp3) is 0.556. The molecule has 1 aliphatic rings. The van der Waals surface area contributed by atoms with Gasteiger partial charge in [0.1, 0.15) is 0 Å². The molecule has 1 unspecified atom stereocenters. The number of hydrogen-bond acceptors (Lipinski definition) is 3. The number of fused-ring (bicyclic) bond motifs is 1. The van der Waals surface area contributed by atoms with Crippen molar-refractivity contribution in [3.8, 4) is 0 Å². The molecule has 0 aliphatic carbocycles. The van der Waals surface area contributed by atoms with E-state index in [0.29, 0.717) is 19.3 Å². The van der Waals surface area contributed by atoms with Crippen LogP contribution >= 0.6 is 0 Å². The quantitative estimate of drug-likeness (QED) is 0.687. The molecule has 0 aromatic heterocycles. The Hall–Kier alpha value is -1.88. The molecule has 3 N–H and O–H groups in total. The molecule has 0 fully saturated rings. The second-order valence-corrected chi connectivity index (χ2v) is 6.51. The van der Waals surface area contributed by atoms with Gasteiger partial charge in [0.15, 0.2) is 0 Å². The molecule has 0 radical (unpaired) electrons. The van der Waals surface area contributed by atoms with E-state index in [0.717, 1.165) is 36.1 Å². The fourth-order valence-electron chi connectivity index (χ4n) is 2.86. The van der Waals surface area contributed by atoms with Crippen LogP contribution in [0.5, 0.6) is 0 Å². The maximum absolute atomic E-state index is 12.1. The smallest absolute Gasteiger partial charge is 0.228 e. The summed E-state index contributed by atoms with van der Waals surface area (Å²) in [5.41, 5.74) is 2.77. The van der Waals surface area contributed by atoms with Crippen LogP contribution in [0.2, 0.25) is 0 Å². The van der Waals surface area contributed by atoms with E-state index < -0.39 is 0 Å². The molecule has 0 spiro atoms. The lowest BCUT2D eigenvalue weighted by Gasteiger charge is -2.29. The van der Waals surface area contributed by atoms with E-state index in [1.165, 1.54) is 0 Å². The van der Waals surface area contributed by atoms with Crippen LogP contribution in [0.4, 0.5) is 5.69 Å². The highest BCUT2D eigenvalue weighted by molar-refractivity contribution is 5.99. The number of aryl methyl sites for hydroxylation is 1. The predicted molar refractivity (Wildman–Crippen MR) is 90.3 cm³/mol. The molecule has 1 aromatic carbocycles. The van der Waals surface area contributed by atoms with Crippen LogP contribution in [0.25, 0.3) is 0 Å². The Labute approximate surface area is 137 Å². The molecule has 1 aromatic rings. The molecule has 0 saturated heterocycles. The van der Waals surface area contributed by atoms with E-state index in [2.05, 4.69) is 10.6 Å². The van der Waals surface area contributed by atoms with E-state index in [-0.39, 0.29) is 24.0 Å². The number of aliphatic hydroxyl groups is 1. The van der Waals surface area contributed by atoms with Crippen molar-refractivity contribution in [2.45, 2.75) is 57.9 Å². The lowest BCUT2D eigenvalue weighted by molar-refractivity contribution is -0.123. The van der Waals surface area contributed by atoms with Crippen molar-refractivity contribution in [3.63, 3.8) is 0 Å². The normalized spacial score (nSPS) is 15.7. The lowest BCUT2D eigenvalue weighted by Crippen LogP contribution is -2.46. The molecular formula is C18H26N2O3. The van der Waals surface area contributed by atoms with Crippen molar-refractivity contribution >= 4 is 17.5 Å². The number of carbonyl (C=O) groups is 2. The zero-order chi connectivity index (χ0) is 16.9. The van der Waals surface area contributed by atoms with E-state index in [1.54, 1.807) is 0 Å². The third-order valence-corrected chi connectivity index (χ3v) is 4.55. The zero-order valence-electron chi connectivity index (χ0n) is 13.9. The van der Waals surface area contributed by atoms with Crippen LogP contribution in [-0.2, 0) is 22.4 Å². The van der Waals surface area contributed by atoms with Gasteiger partial charge in [-0.15, -0.1) is 0 Å². The minimum atomic E-state index is -0.328. The van der Waals surface area contributed by atoms with Gasteiger partial charge in [-0.25, -0.2) is 0 Å². The summed E-state index contributed by atoms with van der Waals surface area (Å²) in [6, 6.07) is 5.99. The second kappa shape index (κ2) is 7.59. The van der Waals surface area contributed by atoms with E-state index >= 15 is 0 Å². The van der Waals surface area contributed by atoms with Gasteiger partial charge in [0.05, 0.1) is 6.42 Å². The Bertz CT molecular complexity index is 586. The minimum Gasteiger partial charge on any atom is -0.396 e. The molecule has 0 bridgehead atoms. The van der Waals surface area contributed by atoms with Crippen molar-refractivity contribution in [2.24, 2.45) is 0 Å². The minimum absolute atomic E-state index is 0.0285. The monoisotopic (exact) mass is 318 g/mol. The first kappa shape index (κ1) is 17.5. The number of rotatable bonds is 8. The largest absolute Gasteiger partial charge is 0.396 e. The Morgan fingerprint density at radius 1 is 1.43 bits per heavy atom. The van der Waals surface area contributed by atoms with Gasteiger partial charge in [-0.3, -0.25) is 9.59 Å². The van der Waals surface area contributed by atoms with Crippen molar-refractivity contribution < 1.29 is 14.7 Å². The van der Waals surface area contributed by atoms with Gasteiger partial charge < -0.3 is 15.7 Å². The molecule has 1 aliphatic heterocycles. The van der Waals surface area contributed by atoms with Gasteiger partial charge in [-0.05, 0) is 49.8 Å². The van der Waals surface area contributed by atoms with Crippen molar-refractivity contribution in [1.82, 2.24) is 5.32 Å². The number of anilines is 1. The summed E-state index contributed by atoms with van der Waals surface area (Å²) in [5.74, 6) is 0.0695. The highest BCUT2D eigenvalue weighted by Crippen LogP contribution is 2.24. The maximum Gasteiger partial charge on any atom is 0.228 e. The van der Waals surface area contributed by atoms with Gasteiger partial charge in [-0.2, -0.15) is 0 Å². The third-order valence-electron chi connectivity index (χ3n) is 4.55. The maximum atomic E-state index is 12.1. The average molecular weight is 318 g/mol. The average Bonchev–Trinajstić information content (AvgIpc) is 2.86. The number of amides is 2. The number of carbonyl (C=O) groups excluding carboxylic acids is 2. The highest BCUT2D eigenvalue weighted by Gasteiger charge is 2.23. The summed E-state index contributed by atoms with van der Waals surface area (Å²) in [7, 11) is 0. The topological polar surface area (TPSA) is 78.4 Å². The summed E-state index contributed by atoms with van der Waals surface area (Å²) >= 11 is 0. The first-order chi connectivity index (χ1) is 11.0. The molecule has 2 rings (SSSR count).